The van der Waals surface area contributed by atoms with Crippen molar-refractivity contribution in [3.63, 3.8) is 0 Å². The standard InChI is InChI=1S/C34H29Cl3F3N3OS/c1-17-9-18(2)22(10-19(17)16-45-29-12-21(35)6-8-25(29)37)30-23(15-41)32(42)43(27-13-33(3,4)14-28(44)31(27)30)26-11-20(34(38,39)40)5-7-24(26)36/h5-12,30H,13-14,16,42H2,1-4H3. The summed E-state index contributed by atoms with van der Waals surface area (Å²) in [6.07, 6.45) is -4.11. The molecule has 4 nitrogen and oxygen atoms in total. The number of aryl methyl sites for hydroxylation is 2. The Balaban J connectivity index is 1.70. The highest BCUT2D eigenvalue weighted by Gasteiger charge is 2.46. The number of nitrogens with zero attached hydrogens (tertiary/aromatic N) is 2. The summed E-state index contributed by atoms with van der Waals surface area (Å²) in [6.45, 7) is 7.73. The first-order valence-electron chi connectivity index (χ1n) is 14.0. The van der Waals surface area contributed by atoms with Crippen LogP contribution in [0.5, 0.6) is 0 Å². The molecule has 0 bridgehead atoms. The van der Waals surface area contributed by atoms with E-state index in [1.165, 1.54) is 16.7 Å². The second-order valence-corrected chi connectivity index (χ2v) is 14.4. The van der Waals surface area contributed by atoms with Crippen molar-refractivity contribution in [1.29, 1.82) is 5.26 Å². The SMILES string of the molecule is Cc1cc(C)c(C2C(C#N)=C(N)N(c3cc(C(F)(F)F)ccc3Cl)C3=C2C(=O)CC(C)(C)C3)cc1CSc1cc(Cl)ccc1Cl. The lowest BCUT2D eigenvalue weighted by Crippen LogP contribution is -2.42. The summed E-state index contributed by atoms with van der Waals surface area (Å²) >= 11 is 20.6. The molecule has 11 heteroatoms. The molecule has 3 aromatic carbocycles. The maximum absolute atomic E-state index is 14.0. The second kappa shape index (κ2) is 12.3. The Bertz CT molecular complexity index is 1840. The van der Waals surface area contributed by atoms with E-state index in [1.54, 1.807) is 18.2 Å². The van der Waals surface area contributed by atoms with Crippen LogP contribution in [0.2, 0.25) is 15.1 Å². The minimum absolute atomic E-state index is 0.00914. The Morgan fingerprint density at radius 3 is 2.38 bits per heavy atom. The Morgan fingerprint density at radius 2 is 1.71 bits per heavy atom. The third-order valence-electron chi connectivity index (χ3n) is 8.21. The summed E-state index contributed by atoms with van der Waals surface area (Å²) in [7, 11) is 0. The molecule has 0 saturated carbocycles. The molecule has 1 aliphatic heterocycles. The van der Waals surface area contributed by atoms with E-state index < -0.39 is 23.1 Å². The normalized spacial score (nSPS) is 18.3. The van der Waals surface area contributed by atoms with E-state index in [2.05, 4.69) is 6.07 Å². The van der Waals surface area contributed by atoms with Gasteiger partial charge in [0.1, 0.15) is 5.82 Å². The third kappa shape index (κ3) is 6.46. The van der Waals surface area contributed by atoms with Gasteiger partial charge in [0, 0.05) is 33.4 Å². The fraction of sp³-hybridized carbons (Fsp3) is 0.294. The summed E-state index contributed by atoms with van der Waals surface area (Å²) in [5.41, 5.74) is 9.64. The third-order valence-corrected chi connectivity index (χ3v) is 10.3. The number of ketones is 1. The average molecular weight is 691 g/mol. The van der Waals surface area contributed by atoms with Gasteiger partial charge in [-0.2, -0.15) is 18.4 Å². The molecular formula is C34H29Cl3F3N3OS. The molecule has 0 saturated heterocycles. The molecule has 3 aromatic rings. The van der Waals surface area contributed by atoms with Gasteiger partial charge in [-0.15, -0.1) is 11.8 Å². The number of halogens is 6. The molecule has 1 atom stereocenters. The fourth-order valence-corrected chi connectivity index (χ4v) is 7.84. The molecular weight excluding hydrogens is 662 g/mol. The van der Waals surface area contributed by atoms with E-state index in [0.29, 0.717) is 33.5 Å². The summed E-state index contributed by atoms with van der Waals surface area (Å²) < 4.78 is 41.4. The molecule has 0 fully saturated rings. The molecule has 0 aromatic heterocycles. The molecule has 0 amide bonds. The van der Waals surface area contributed by atoms with Crippen molar-refractivity contribution in [3.05, 3.63) is 114 Å². The van der Waals surface area contributed by atoms with E-state index in [4.69, 9.17) is 40.5 Å². The average Bonchev–Trinajstić information content (AvgIpc) is 2.93. The Hall–Kier alpha value is -3.09. The van der Waals surface area contributed by atoms with E-state index in [1.807, 2.05) is 39.8 Å². The molecule has 5 rings (SSSR count). The summed E-state index contributed by atoms with van der Waals surface area (Å²) in [5, 5.41) is 11.7. The Morgan fingerprint density at radius 1 is 1.02 bits per heavy atom. The highest BCUT2D eigenvalue weighted by atomic mass is 35.5. The number of rotatable bonds is 5. The van der Waals surface area contributed by atoms with Gasteiger partial charge in [-0.3, -0.25) is 9.69 Å². The lowest BCUT2D eigenvalue weighted by atomic mass is 9.68. The van der Waals surface area contributed by atoms with Crippen LogP contribution < -0.4 is 10.6 Å². The maximum atomic E-state index is 14.0. The van der Waals surface area contributed by atoms with E-state index in [0.717, 1.165) is 45.3 Å². The number of carbonyl (C=O) groups excluding carboxylic acids is 1. The number of nitriles is 1. The number of benzene rings is 3. The minimum atomic E-state index is -4.64. The van der Waals surface area contributed by atoms with Gasteiger partial charge >= 0.3 is 6.18 Å². The molecule has 234 valence electrons. The van der Waals surface area contributed by atoms with Crippen LogP contribution in [-0.2, 0) is 16.7 Å². The number of hydrogen-bond donors (Lipinski definition) is 1. The topological polar surface area (TPSA) is 70.1 Å². The van der Waals surface area contributed by atoms with Gasteiger partial charge in [-0.25, -0.2) is 0 Å². The van der Waals surface area contributed by atoms with Crippen molar-refractivity contribution in [3.8, 4) is 6.07 Å². The smallest absolute Gasteiger partial charge is 0.384 e. The van der Waals surface area contributed by atoms with Crippen molar-refractivity contribution >= 4 is 58.0 Å². The zero-order chi connectivity index (χ0) is 33.0. The predicted octanol–water partition coefficient (Wildman–Crippen LogP) is 10.5. The molecule has 2 N–H and O–H groups in total. The van der Waals surface area contributed by atoms with E-state index in [9.17, 15) is 23.2 Å². The maximum Gasteiger partial charge on any atom is 0.416 e. The number of alkyl halides is 3. The van der Waals surface area contributed by atoms with Gasteiger partial charge in [0.15, 0.2) is 5.78 Å². The molecule has 45 heavy (non-hydrogen) atoms. The van der Waals surface area contributed by atoms with Gasteiger partial charge in [-0.1, -0.05) is 60.8 Å². The van der Waals surface area contributed by atoms with Crippen molar-refractivity contribution in [1.82, 2.24) is 0 Å². The van der Waals surface area contributed by atoms with Crippen LogP contribution >= 0.6 is 46.6 Å². The number of nitrogens with two attached hydrogens (primary N) is 1. The summed E-state index contributed by atoms with van der Waals surface area (Å²) in [5.74, 6) is -0.532. The fourth-order valence-electron chi connectivity index (χ4n) is 6.08. The molecule has 0 radical (unpaired) electrons. The number of Topliss-reactive ketones (excluding diaryl/α,β-unsaturated/α-hetero) is 1. The highest BCUT2D eigenvalue weighted by Crippen LogP contribution is 2.52. The van der Waals surface area contributed by atoms with Crippen LogP contribution in [0.25, 0.3) is 0 Å². The lowest BCUT2D eigenvalue weighted by Gasteiger charge is -2.44. The van der Waals surface area contributed by atoms with Gasteiger partial charge in [0.25, 0.3) is 0 Å². The van der Waals surface area contributed by atoms with Crippen LogP contribution in [0.15, 0.2) is 76.1 Å². The van der Waals surface area contributed by atoms with Crippen LogP contribution in [0.1, 0.15) is 60.4 Å². The second-order valence-electron chi connectivity index (χ2n) is 12.1. The number of thioether (sulfide) groups is 1. The van der Waals surface area contributed by atoms with Gasteiger partial charge < -0.3 is 5.73 Å². The zero-order valence-corrected chi connectivity index (χ0v) is 28.0. The van der Waals surface area contributed by atoms with E-state index in [-0.39, 0.29) is 34.3 Å². The Kier molecular flexibility index (Phi) is 9.07. The van der Waals surface area contributed by atoms with Gasteiger partial charge in [0.05, 0.1) is 38.9 Å². The first-order chi connectivity index (χ1) is 21.0. The quantitative estimate of drug-likeness (QED) is 0.270. The number of carbonyl (C=O) groups is 1. The predicted molar refractivity (Wildman–Crippen MR) is 175 cm³/mol. The Labute approximate surface area is 279 Å². The van der Waals surface area contributed by atoms with Crippen molar-refractivity contribution in [2.24, 2.45) is 11.1 Å². The van der Waals surface area contributed by atoms with Crippen molar-refractivity contribution in [2.75, 3.05) is 4.90 Å². The van der Waals surface area contributed by atoms with Crippen molar-refractivity contribution in [2.45, 2.75) is 63.3 Å². The van der Waals surface area contributed by atoms with Crippen LogP contribution in [-0.4, -0.2) is 5.78 Å². The minimum Gasteiger partial charge on any atom is -0.384 e. The van der Waals surface area contributed by atoms with E-state index >= 15 is 0 Å². The number of hydrogen-bond acceptors (Lipinski definition) is 5. The van der Waals surface area contributed by atoms with Crippen LogP contribution in [0.4, 0.5) is 18.9 Å². The van der Waals surface area contributed by atoms with Crippen LogP contribution in [0, 0.1) is 30.6 Å². The monoisotopic (exact) mass is 689 g/mol. The lowest BCUT2D eigenvalue weighted by molar-refractivity contribution is -0.137. The molecule has 0 spiro atoms. The molecule has 2 aliphatic rings. The van der Waals surface area contributed by atoms with Gasteiger partial charge in [0.2, 0.25) is 0 Å². The molecule has 1 aliphatic carbocycles. The number of anilines is 1. The molecule has 1 heterocycles. The highest BCUT2D eigenvalue weighted by molar-refractivity contribution is 7.98. The first kappa shape index (κ1) is 33.3. The number of allylic oxidation sites excluding steroid dienone is 3. The van der Waals surface area contributed by atoms with Crippen LogP contribution in [0.3, 0.4) is 0 Å². The van der Waals surface area contributed by atoms with Gasteiger partial charge in [-0.05, 0) is 84.3 Å². The van der Waals surface area contributed by atoms with Crippen molar-refractivity contribution < 1.29 is 18.0 Å². The summed E-state index contributed by atoms with van der Waals surface area (Å²) in [4.78, 5) is 16.2. The molecule has 1 unspecified atom stereocenters. The zero-order valence-electron chi connectivity index (χ0n) is 24.9. The first-order valence-corrected chi connectivity index (χ1v) is 16.1. The summed E-state index contributed by atoms with van der Waals surface area (Å²) in [6, 6.07) is 14.4. The largest absolute Gasteiger partial charge is 0.416 e.